The van der Waals surface area contributed by atoms with E-state index in [-0.39, 0.29) is 16.1 Å². The molecule has 0 saturated heterocycles. The van der Waals surface area contributed by atoms with Gasteiger partial charge >= 0.3 is 0 Å². The average Bonchev–Trinajstić information content (AvgIpc) is 3.07. The van der Waals surface area contributed by atoms with E-state index in [9.17, 15) is 23.3 Å². The lowest BCUT2D eigenvalue weighted by atomic mass is 9.99. The van der Waals surface area contributed by atoms with Crippen molar-refractivity contribution in [1.29, 1.82) is 0 Å². The summed E-state index contributed by atoms with van der Waals surface area (Å²) >= 11 is 0. The van der Waals surface area contributed by atoms with Gasteiger partial charge in [-0.25, -0.2) is 8.42 Å². The molecule has 0 fully saturated rings. The molecule has 46 heavy (non-hydrogen) atoms. The maximum absolute atomic E-state index is 14.5. The van der Waals surface area contributed by atoms with E-state index < -0.39 is 27.0 Å². The molecular formula is C35H30N4O6S. The molecule has 1 N–H and O–H groups in total. The van der Waals surface area contributed by atoms with Crippen LogP contribution in [0, 0.1) is 17.0 Å². The number of non-ortho nitro benzene ring substituents is 1. The first-order valence-electron chi connectivity index (χ1n) is 14.4. The van der Waals surface area contributed by atoms with Crippen molar-refractivity contribution >= 4 is 38.7 Å². The van der Waals surface area contributed by atoms with Crippen molar-refractivity contribution in [3.8, 4) is 5.75 Å². The van der Waals surface area contributed by atoms with Crippen molar-refractivity contribution < 1.29 is 22.9 Å². The minimum Gasteiger partial charge on any atom is -0.497 e. The number of hydrogen-bond acceptors (Lipinski definition) is 7. The summed E-state index contributed by atoms with van der Waals surface area (Å²) in [4.78, 5) is 29.1. The van der Waals surface area contributed by atoms with Gasteiger partial charge in [-0.3, -0.25) is 24.5 Å². The molecule has 5 aromatic carbocycles. The first-order valence-corrected chi connectivity index (χ1v) is 15.9. The van der Waals surface area contributed by atoms with E-state index in [0.717, 1.165) is 11.1 Å². The van der Waals surface area contributed by atoms with Gasteiger partial charge in [0.25, 0.3) is 21.6 Å². The normalized spacial score (nSPS) is 14.5. The highest BCUT2D eigenvalue weighted by atomic mass is 32.2. The number of aryl methyl sites for hydroxylation is 1. The zero-order valence-electron chi connectivity index (χ0n) is 25.0. The Bertz CT molecular complexity index is 2000. The number of ether oxygens (including phenoxy) is 1. The molecule has 0 aromatic heterocycles. The molecule has 0 aliphatic carbocycles. The van der Waals surface area contributed by atoms with Gasteiger partial charge < -0.3 is 9.64 Å². The van der Waals surface area contributed by atoms with Crippen molar-refractivity contribution in [2.24, 2.45) is 0 Å². The van der Waals surface area contributed by atoms with E-state index in [0.29, 0.717) is 34.9 Å². The van der Waals surface area contributed by atoms with Crippen LogP contribution in [0.3, 0.4) is 0 Å². The SMILES string of the molecule is COc1ccc(N2C(=O)c3cc(S(=O)(=O)Nc4ccc(C)cc4)ccc3N(Cc3ccccc3)[C@H]2c2ccc([N+](=O)[O-])cc2)cc1. The Hall–Kier alpha value is -5.68. The number of fused-ring (bicyclic) bond motifs is 1. The summed E-state index contributed by atoms with van der Waals surface area (Å²) in [5.41, 5.74) is 4.14. The topological polar surface area (TPSA) is 122 Å². The summed E-state index contributed by atoms with van der Waals surface area (Å²) in [5, 5.41) is 11.5. The maximum Gasteiger partial charge on any atom is 0.269 e. The predicted molar refractivity (Wildman–Crippen MR) is 177 cm³/mol. The molecule has 11 heteroatoms. The highest BCUT2D eigenvalue weighted by Gasteiger charge is 2.40. The van der Waals surface area contributed by atoms with Gasteiger partial charge in [-0.2, -0.15) is 0 Å². The summed E-state index contributed by atoms with van der Waals surface area (Å²) in [6.07, 6.45) is -0.734. The molecule has 1 heterocycles. The van der Waals surface area contributed by atoms with Crippen LogP contribution in [0.4, 0.5) is 22.7 Å². The number of nitro groups is 1. The Morgan fingerprint density at radius 3 is 2.17 bits per heavy atom. The van der Waals surface area contributed by atoms with Crippen LogP contribution in [0.1, 0.15) is 33.2 Å². The molecule has 1 aliphatic heterocycles. The van der Waals surface area contributed by atoms with E-state index >= 15 is 0 Å². The third kappa shape index (κ3) is 6.00. The van der Waals surface area contributed by atoms with Crippen molar-refractivity contribution in [3.05, 3.63) is 154 Å². The fourth-order valence-corrected chi connectivity index (χ4v) is 6.59. The minimum atomic E-state index is -4.05. The van der Waals surface area contributed by atoms with E-state index in [4.69, 9.17) is 4.74 Å². The summed E-state index contributed by atoms with van der Waals surface area (Å²) in [6, 6.07) is 34.2. The highest BCUT2D eigenvalue weighted by Crippen LogP contribution is 2.43. The zero-order valence-corrected chi connectivity index (χ0v) is 25.8. The first kappa shape index (κ1) is 30.4. The molecule has 0 radical (unpaired) electrons. The van der Waals surface area contributed by atoms with Crippen molar-refractivity contribution in [2.75, 3.05) is 21.6 Å². The lowest BCUT2D eigenvalue weighted by Crippen LogP contribution is -2.49. The van der Waals surface area contributed by atoms with Gasteiger partial charge in [-0.05, 0) is 84.8 Å². The third-order valence-corrected chi connectivity index (χ3v) is 9.21. The number of hydrogen-bond donors (Lipinski definition) is 1. The van der Waals surface area contributed by atoms with Crippen LogP contribution in [0.25, 0.3) is 0 Å². The van der Waals surface area contributed by atoms with Crippen molar-refractivity contribution in [2.45, 2.75) is 24.5 Å². The van der Waals surface area contributed by atoms with Crippen molar-refractivity contribution in [1.82, 2.24) is 0 Å². The number of nitrogens with zero attached hydrogens (tertiary/aromatic N) is 3. The number of anilines is 3. The van der Waals surface area contributed by atoms with Crippen LogP contribution in [0.2, 0.25) is 0 Å². The third-order valence-electron chi connectivity index (χ3n) is 7.83. The Balaban J connectivity index is 1.52. The van der Waals surface area contributed by atoms with Gasteiger partial charge in [0, 0.05) is 30.1 Å². The van der Waals surface area contributed by atoms with Gasteiger partial charge in [-0.15, -0.1) is 0 Å². The molecule has 1 amide bonds. The summed E-state index contributed by atoms with van der Waals surface area (Å²) in [7, 11) is -2.50. The fourth-order valence-electron chi connectivity index (χ4n) is 5.50. The van der Waals surface area contributed by atoms with Crippen molar-refractivity contribution in [3.63, 3.8) is 0 Å². The standard InChI is InChI=1S/C35H30N4O6S/c1-24-8-12-27(13-9-24)36-46(43,44)31-20-21-33-32(22-31)35(40)38(28-16-18-30(45-2)19-17-28)34(26-10-14-29(15-11-26)39(41)42)37(33)23-25-6-4-3-5-7-25/h3-22,34,36H,23H2,1-2H3/t34-/m1/s1. The molecule has 1 atom stereocenters. The largest absolute Gasteiger partial charge is 0.497 e. The Morgan fingerprint density at radius 1 is 0.870 bits per heavy atom. The minimum absolute atomic E-state index is 0.0664. The molecule has 0 saturated carbocycles. The molecule has 0 bridgehead atoms. The Morgan fingerprint density at radius 2 is 1.54 bits per heavy atom. The van der Waals surface area contributed by atoms with E-state index in [1.165, 1.54) is 24.3 Å². The van der Waals surface area contributed by atoms with Crippen LogP contribution in [-0.2, 0) is 16.6 Å². The number of carbonyl (C=O) groups excluding carboxylic acids is 1. The summed E-state index contributed by atoms with van der Waals surface area (Å²) in [6.45, 7) is 2.26. The van der Waals surface area contributed by atoms with Gasteiger partial charge in [0.15, 0.2) is 0 Å². The van der Waals surface area contributed by atoms with Crippen LogP contribution < -0.4 is 19.3 Å². The monoisotopic (exact) mass is 634 g/mol. The lowest BCUT2D eigenvalue weighted by molar-refractivity contribution is -0.384. The molecule has 0 unspecified atom stereocenters. The number of benzene rings is 5. The second-order valence-corrected chi connectivity index (χ2v) is 12.5. The average molecular weight is 635 g/mol. The van der Waals surface area contributed by atoms with Gasteiger partial charge in [0.1, 0.15) is 11.9 Å². The van der Waals surface area contributed by atoms with Crippen LogP contribution in [0.15, 0.2) is 126 Å². The predicted octanol–water partition coefficient (Wildman–Crippen LogP) is 7.08. The first-order chi connectivity index (χ1) is 22.1. The number of nitro benzene ring substituents is 1. The lowest BCUT2D eigenvalue weighted by Gasteiger charge is -2.46. The number of rotatable bonds is 9. The number of methoxy groups -OCH3 is 1. The number of nitrogens with one attached hydrogen (secondary N) is 1. The second-order valence-electron chi connectivity index (χ2n) is 10.9. The fraction of sp³-hybridized carbons (Fsp3) is 0.114. The van der Waals surface area contributed by atoms with E-state index in [2.05, 4.69) is 4.72 Å². The van der Waals surface area contributed by atoms with Gasteiger partial charge in [0.05, 0.1) is 28.2 Å². The second kappa shape index (κ2) is 12.4. The summed E-state index contributed by atoms with van der Waals surface area (Å²) in [5.74, 6) is 0.164. The quantitative estimate of drug-likeness (QED) is 0.136. The van der Waals surface area contributed by atoms with Gasteiger partial charge in [-0.1, -0.05) is 48.0 Å². The molecule has 5 aromatic rings. The van der Waals surface area contributed by atoms with Crippen LogP contribution in [0.5, 0.6) is 5.75 Å². The highest BCUT2D eigenvalue weighted by molar-refractivity contribution is 7.92. The zero-order chi connectivity index (χ0) is 32.4. The number of amides is 1. The molecule has 1 aliphatic rings. The molecule has 232 valence electrons. The number of sulfonamides is 1. The Kier molecular flexibility index (Phi) is 8.16. The van der Waals surface area contributed by atoms with E-state index in [1.54, 1.807) is 78.7 Å². The molecule has 0 spiro atoms. The number of carbonyl (C=O) groups is 1. The molecule has 6 rings (SSSR count). The van der Waals surface area contributed by atoms with Crippen LogP contribution >= 0.6 is 0 Å². The van der Waals surface area contributed by atoms with Crippen LogP contribution in [-0.4, -0.2) is 26.4 Å². The Labute approximate surface area is 266 Å². The summed E-state index contributed by atoms with van der Waals surface area (Å²) < 4.78 is 35.0. The van der Waals surface area contributed by atoms with E-state index in [1.807, 2.05) is 42.2 Å². The molecule has 10 nitrogen and oxygen atoms in total. The molecular weight excluding hydrogens is 604 g/mol. The smallest absolute Gasteiger partial charge is 0.269 e. The maximum atomic E-state index is 14.5. The van der Waals surface area contributed by atoms with Gasteiger partial charge in [0.2, 0.25) is 0 Å².